The van der Waals surface area contributed by atoms with E-state index < -0.39 is 5.97 Å². The van der Waals surface area contributed by atoms with E-state index in [4.69, 9.17) is 5.11 Å². The summed E-state index contributed by atoms with van der Waals surface area (Å²) in [4.78, 5) is 11.0. The maximum Gasteiger partial charge on any atom is 0.339 e. The normalized spacial score (nSPS) is 11.6. The van der Waals surface area contributed by atoms with Crippen LogP contribution >= 0.6 is 0 Å². The van der Waals surface area contributed by atoms with Crippen molar-refractivity contribution in [1.29, 1.82) is 0 Å². The zero-order chi connectivity index (χ0) is 14.5. The molecule has 0 amide bonds. The van der Waals surface area contributed by atoms with E-state index in [2.05, 4.69) is 11.9 Å². The van der Waals surface area contributed by atoms with Gasteiger partial charge in [0.2, 0.25) is 0 Å². The number of carboxylic acids is 1. The van der Waals surface area contributed by atoms with Crippen LogP contribution in [0.1, 0.15) is 22.0 Å². The maximum atomic E-state index is 11.0. The largest absolute Gasteiger partial charge is 0.507 e. The highest BCUT2D eigenvalue weighted by Gasteiger charge is 2.12. The van der Waals surface area contributed by atoms with Crippen LogP contribution in [0.2, 0.25) is 0 Å². The Hall–Kier alpha value is -2.75. The van der Waals surface area contributed by atoms with Crippen molar-refractivity contribution in [3.8, 4) is 5.75 Å². The summed E-state index contributed by atoms with van der Waals surface area (Å²) in [6.45, 7) is 3.78. The number of carbonyl (C=O) groups is 1. The SMILES string of the molecule is C=CC(Nc1ccc(O)c(C(=O)O)c1)c1ccccc1. The fourth-order valence-corrected chi connectivity index (χ4v) is 1.92. The van der Waals surface area contributed by atoms with E-state index >= 15 is 0 Å². The Morgan fingerprint density at radius 3 is 2.50 bits per heavy atom. The number of carboxylic acid groups (broad SMARTS) is 1. The predicted molar refractivity (Wildman–Crippen MR) is 78.1 cm³/mol. The Morgan fingerprint density at radius 2 is 1.90 bits per heavy atom. The molecule has 4 heteroatoms. The van der Waals surface area contributed by atoms with Gasteiger partial charge >= 0.3 is 5.97 Å². The van der Waals surface area contributed by atoms with E-state index in [9.17, 15) is 9.90 Å². The lowest BCUT2D eigenvalue weighted by Crippen LogP contribution is -2.08. The summed E-state index contributed by atoms with van der Waals surface area (Å²) < 4.78 is 0. The average Bonchev–Trinajstić information content (AvgIpc) is 2.47. The topological polar surface area (TPSA) is 69.6 Å². The van der Waals surface area contributed by atoms with E-state index in [0.717, 1.165) is 5.56 Å². The summed E-state index contributed by atoms with van der Waals surface area (Å²) in [6.07, 6.45) is 1.74. The smallest absolute Gasteiger partial charge is 0.339 e. The van der Waals surface area contributed by atoms with E-state index in [0.29, 0.717) is 5.69 Å². The summed E-state index contributed by atoms with van der Waals surface area (Å²) in [7, 11) is 0. The number of hydrogen-bond acceptors (Lipinski definition) is 3. The second kappa shape index (κ2) is 5.93. The van der Waals surface area contributed by atoms with Crippen molar-refractivity contribution in [1.82, 2.24) is 0 Å². The molecule has 1 unspecified atom stereocenters. The molecule has 0 saturated carbocycles. The lowest BCUT2D eigenvalue weighted by atomic mass is 10.1. The summed E-state index contributed by atoms with van der Waals surface area (Å²) in [5.74, 6) is -1.42. The number of hydrogen-bond donors (Lipinski definition) is 3. The van der Waals surface area contributed by atoms with Crippen LogP contribution in [0.15, 0.2) is 61.2 Å². The summed E-state index contributed by atoms with van der Waals surface area (Å²) in [6, 6.07) is 13.9. The summed E-state index contributed by atoms with van der Waals surface area (Å²) in [5, 5.41) is 21.7. The highest BCUT2D eigenvalue weighted by Crippen LogP contribution is 2.25. The van der Waals surface area contributed by atoms with Crippen LogP contribution < -0.4 is 5.32 Å². The molecule has 0 aliphatic rings. The molecule has 2 rings (SSSR count). The van der Waals surface area contributed by atoms with Gasteiger partial charge in [0.25, 0.3) is 0 Å². The lowest BCUT2D eigenvalue weighted by Gasteiger charge is -2.17. The lowest BCUT2D eigenvalue weighted by molar-refractivity contribution is 0.0694. The van der Waals surface area contributed by atoms with Crippen LogP contribution in [0.3, 0.4) is 0 Å². The molecule has 0 heterocycles. The molecule has 0 aromatic heterocycles. The minimum Gasteiger partial charge on any atom is -0.507 e. The van der Waals surface area contributed by atoms with Gasteiger partial charge in [0, 0.05) is 5.69 Å². The molecule has 1 atom stereocenters. The van der Waals surface area contributed by atoms with Crippen LogP contribution in [0, 0.1) is 0 Å². The van der Waals surface area contributed by atoms with Gasteiger partial charge < -0.3 is 15.5 Å². The molecule has 102 valence electrons. The molecule has 0 bridgehead atoms. The van der Waals surface area contributed by atoms with Gasteiger partial charge in [-0.25, -0.2) is 4.79 Å². The number of aromatic carboxylic acids is 1. The number of nitrogens with one attached hydrogen (secondary N) is 1. The Balaban J connectivity index is 2.27. The molecule has 0 spiro atoms. The standard InChI is InChI=1S/C16H15NO3/c1-2-14(11-6-4-3-5-7-11)17-12-8-9-15(18)13(10-12)16(19)20/h2-10,14,17-18H,1H2,(H,19,20). The van der Waals surface area contributed by atoms with Crippen molar-refractivity contribution < 1.29 is 15.0 Å². The molecule has 0 aliphatic heterocycles. The van der Waals surface area contributed by atoms with Crippen molar-refractivity contribution in [3.05, 3.63) is 72.3 Å². The van der Waals surface area contributed by atoms with E-state index in [1.807, 2.05) is 30.3 Å². The van der Waals surface area contributed by atoms with Crippen molar-refractivity contribution in [2.24, 2.45) is 0 Å². The van der Waals surface area contributed by atoms with Crippen molar-refractivity contribution in [2.75, 3.05) is 5.32 Å². The zero-order valence-electron chi connectivity index (χ0n) is 10.8. The van der Waals surface area contributed by atoms with E-state index in [1.165, 1.54) is 12.1 Å². The highest BCUT2D eigenvalue weighted by molar-refractivity contribution is 5.92. The second-order valence-electron chi connectivity index (χ2n) is 4.31. The summed E-state index contributed by atoms with van der Waals surface area (Å²) >= 11 is 0. The van der Waals surface area contributed by atoms with Crippen LogP contribution in [0.5, 0.6) is 5.75 Å². The Labute approximate surface area is 117 Å². The van der Waals surface area contributed by atoms with Crippen molar-refractivity contribution in [3.63, 3.8) is 0 Å². The first-order valence-corrected chi connectivity index (χ1v) is 6.12. The molecule has 2 aromatic carbocycles. The van der Waals surface area contributed by atoms with Gasteiger partial charge in [0.05, 0.1) is 6.04 Å². The molecule has 20 heavy (non-hydrogen) atoms. The third-order valence-corrected chi connectivity index (χ3v) is 2.94. The fraction of sp³-hybridized carbons (Fsp3) is 0.0625. The minimum atomic E-state index is -1.17. The highest BCUT2D eigenvalue weighted by atomic mass is 16.4. The van der Waals surface area contributed by atoms with Gasteiger partial charge in [-0.15, -0.1) is 6.58 Å². The third kappa shape index (κ3) is 2.98. The number of phenols is 1. The molecule has 2 aromatic rings. The molecule has 0 radical (unpaired) electrons. The Kier molecular flexibility index (Phi) is 4.05. The molecule has 0 aliphatic carbocycles. The first-order chi connectivity index (χ1) is 9.61. The first-order valence-electron chi connectivity index (χ1n) is 6.12. The van der Waals surface area contributed by atoms with Crippen molar-refractivity contribution >= 4 is 11.7 Å². The van der Waals surface area contributed by atoms with Gasteiger partial charge in [-0.2, -0.15) is 0 Å². The first kappa shape index (κ1) is 13.7. The summed E-state index contributed by atoms with van der Waals surface area (Å²) in [5.41, 5.74) is 1.49. The molecular formula is C16H15NO3. The molecule has 0 fully saturated rings. The fourth-order valence-electron chi connectivity index (χ4n) is 1.92. The Bertz CT molecular complexity index is 623. The number of anilines is 1. The van der Waals surface area contributed by atoms with Gasteiger partial charge in [0.1, 0.15) is 11.3 Å². The average molecular weight is 269 g/mol. The molecular weight excluding hydrogens is 254 g/mol. The Morgan fingerprint density at radius 1 is 1.20 bits per heavy atom. The van der Waals surface area contributed by atoms with Crippen LogP contribution in [0.25, 0.3) is 0 Å². The third-order valence-electron chi connectivity index (χ3n) is 2.94. The van der Waals surface area contributed by atoms with Crippen LogP contribution in [-0.4, -0.2) is 16.2 Å². The van der Waals surface area contributed by atoms with Gasteiger partial charge in [0.15, 0.2) is 0 Å². The van der Waals surface area contributed by atoms with E-state index in [1.54, 1.807) is 12.1 Å². The molecule has 0 saturated heterocycles. The van der Waals surface area contributed by atoms with Gasteiger partial charge in [-0.1, -0.05) is 36.4 Å². The number of benzene rings is 2. The zero-order valence-corrected chi connectivity index (χ0v) is 10.8. The quantitative estimate of drug-likeness (QED) is 0.574. The number of aromatic hydroxyl groups is 1. The van der Waals surface area contributed by atoms with Crippen LogP contribution in [0.4, 0.5) is 5.69 Å². The maximum absolute atomic E-state index is 11.0. The van der Waals surface area contributed by atoms with Crippen LogP contribution in [-0.2, 0) is 0 Å². The molecule has 4 nitrogen and oxygen atoms in total. The predicted octanol–water partition coefficient (Wildman–Crippen LogP) is 3.43. The second-order valence-corrected chi connectivity index (χ2v) is 4.31. The monoisotopic (exact) mass is 269 g/mol. The molecule has 3 N–H and O–H groups in total. The van der Waals surface area contributed by atoms with Crippen molar-refractivity contribution in [2.45, 2.75) is 6.04 Å². The van der Waals surface area contributed by atoms with E-state index in [-0.39, 0.29) is 17.4 Å². The number of rotatable bonds is 5. The minimum absolute atomic E-state index is 0.133. The van der Waals surface area contributed by atoms with Gasteiger partial charge in [-0.05, 0) is 23.8 Å². The van der Waals surface area contributed by atoms with Gasteiger partial charge in [-0.3, -0.25) is 0 Å².